The van der Waals surface area contributed by atoms with Crippen molar-refractivity contribution < 1.29 is 13.9 Å². The van der Waals surface area contributed by atoms with Gasteiger partial charge in [-0.15, -0.1) is 0 Å². The van der Waals surface area contributed by atoms with E-state index >= 15 is 0 Å². The molecule has 0 aliphatic rings. The molecular formula is C20H16FNO2. The van der Waals surface area contributed by atoms with Gasteiger partial charge in [-0.1, -0.05) is 48.5 Å². The maximum Gasteiger partial charge on any atom is 0.259 e. The van der Waals surface area contributed by atoms with Crippen LogP contribution in [0.15, 0.2) is 72.8 Å². The average molecular weight is 321 g/mol. The second-order valence-electron chi connectivity index (χ2n) is 5.21. The number of anilines is 1. The predicted molar refractivity (Wildman–Crippen MR) is 92.8 cm³/mol. The van der Waals surface area contributed by atoms with Crippen molar-refractivity contribution in [2.45, 2.75) is 0 Å². The van der Waals surface area contributed by atoms with Crippen LogP contribution < -0.4 is 10.1 Å². The first-order valence-electron chi connectivity index (χ1n) is 7.48. The summed E-state index contributed by atoms with van der Waals surface area (Å²) >= 11 is 0. The molecule has 0 atom stereocenters. The molecule has 3 rings (SSSR count). The zero-order chi connectivity index (χ0) is 16.9. The first kappa shape index (κ1) is 15.7. The lowest BCUT2D eigenvalue weighted by atomic mass is 10.0. The molecule has 4 heteroatoms. The Morgan fingerprint density at radius 3 is 2.42 bits per heavy atom. The van der Waals surface area contributed by atoms with Crippen LogP contribution in [0, 0.1) is 5.82 Å². The lowest BCUT2D eigenvalue weighted by Crippen LogP contribution is -2.14. The minimum atomic E-state index is -0.489. The number of hydrogen-bond donors (Lipinski definition) is 1. The normalized spacial score (nSPS) is 10.2. The molecule has 0 aliphatic heterocycles. The van der Waals surface area contributed by atoms with Crippen molar-refractivity contribution in [1.82, 2.24) is 0 Å². The highest BCUT2D eigenvalue weighted by Gasteiger charge is 2.15. The molecule has 0 aliphatic carbocycles. The van der Waals surface area contributed by atoms with Gasteiger partial charge >= 0.3 is 0 Å². The monoisotopic (exact) mass is 321 g/mol. The lowest BCUT2D eigenvalue weighted by Gasteiger charge is -2.13. The summed E-state index contributed by atoms with van der Waals surface area (Å²) < 4.78 is 18.6. The molecule has 24 heavy (non-hydrogen) atoms. The van der Waals surface area contributed by atoms with E-state index in [1.165, 1.54) is 25.3 Å². The van der Waals surface area contributed by atoms with Crippen LogP contribution >= 0.6 is 0 Å². The number of methoxy groups -OCH3 is 1. The summed E-state index contributed by atoms with van der Waals surface area (Å²) in [5.41, 5.74) is 2.68. The third-order valence-corrected chi connectivity index (χ3v) is 3.67. The van der Waals surface area contributed by atoms with Crippen LogP contribution in [-0.2, 0) is 0 Å². The number of benzene rings is 3. The number of para-hydroxylation sites is 1. The molecule has 3 aromatic rings. The number of carbonyl (C=O) groups excluding carboxylic acids is 1. The van der Waals surface area contributed by atoms with Gasteiger partial charge in [-0.05, 0) is 29.8 Å². The smallest absolute Gasteiger partial charge is 0.259 e. The maximum atomic E-state index is 13.5. The minimum absolute atomic E-state index is 0.153. The molecule has 0 fully saturated rings. The molecule has 0 spiro atoms. The third kappa shape index (κ3) is 3.27. The molecule has 0 unspecified atom stereocenters. The Balaban J connectivity index is 1.95. The Bertz CT molecular complexity index is 863. The molecule has 0 heterocycles. The fourth-order valence-electron chi connectivity index (χ4n) is 2.51. The molecule has 0 radical (unpaired) electrons. The zero-order valence-corrected chi connectivity index (χ0v) is 13.1. The van der Waals surface area contributed by atoms with Crippen molar-refractivity contribution >= 4 is 11.6 Å². The molecule has 3 aromatic carbocycles. The van der Waals surface area contributed by atoms with E-state index in [0.29, 0.717) is 11.4 Å². The molecule has 1 N–H and O–H groups in total. The number of ether oxygens (including phenoxy) is 1. The van der Waals surface area contributed by atoms with Crippen molar-refractivity contribution in [3.8, 4) is 16.9 Å². The Hall–Kier alpha value is -3.14. The van der Waals surface area contributed by atoms with E-state index in [2.05, 4.69) is 5.32 Å². The first-order chi connectivity index (χ1) is 11.7. The zero-order valence-electron chi connectivity index (χ0n) is 13.1. The van der Waals surface area contributed by atoms with Gasteiger partial charge in [0.2, 0.25) is 0 Å². The standard InChI is InChI=1S/C20H16FNO2/c1-24-19-12-11-15(21)13-17(19)20(23)22-18-10-6-5-9-16(18)14-7-3-2-4-8-14/h2-13H,1H3,(H,22,23). The topological polar surface area (TPSA) is 38.3 Å². The Morgan fingerprint density at radius 1 is 0.958 bits per heavy atom. The summed E-state index contributed by atoms with van der Waals surface area (Å²) in [5, 5.41) is 2.84. The van der Waals surface area contributed by atoms with Crippen LogP contribution in [0.3, 0.4) is 0 Å². The van der Waals surface area contributed by atoms with Crippen LogP contribution in [0.5, 0.6) is 5.75 Å². The maximum absolute atomic E-state index is 13.5. The van der Waals surface area contributed by atoms with E-state index in [0.717, 1.165) is 11.1 Å². The number of halogens is 1. The van der Waals surface area contributed by atoms with E-state index in [9.17, 15) is 9.18 Å². The number of amides is 1. The van der Waals surface area contributed by atoms with Crippen LogP contribution in [0.25, 0.3) is 11.1 Å². The van der Waals surface area contributed by atoms with Crippen LogP contribution in [0.4, 0.5) is 10.1 Å². The summed E-state index contributed by atoms with van der Waals surface area (Å²) in [6.07, 6.45) is 0. The second kappa shape index (κ2) is 6.96. The molecule has 120 valence electrons. The molecule has 0 saturated heterocycles. The fraction of sp³-hybridized carbons (Fsp3) is 0.0500. The van der Waals surface area contributed by atoms with Gasteiger partial charge in [0.25, 0.3) is 5.91 Å². The van der Waals surface area contributed by atoms with Gasteiger partial charge in [-0.25, -0.2) is 4.39 Å². The predicted octanol–water partition coefficient (Wildman–Crippen LogP) is 4.75. The van der Waals surface area contributed by atoms with E-state index < -0.39 is 11.7 Å². The van der Waals surface area contributed by atoms with E-state index in [1.807, 2.05) is 54.6 Å². The lowest BCUT2D eigenvalue weighted by molar-refractivity contribution is 0.102. The van der Waals surface area contributed by atoms with Gasteiger partial charge in [0.05, 0.1) is 12.7 Å². The molecule has 0 saturated carbocycles. The molecule has 0 bridgehead atoms. The summed E-state index contributed by atoms with van der Waals surface area (Å²) in [4.78, 5) is 12.6. The average Bonchev–Trinajstić information content (AvgIpc) is 2.63. The Morgan fingerprint density at radius 2 is 1.67 bits per heavy atom. The van der Waals surface area contributed by atoms with Gasteiger partial charge in [0.1, 0.15) is 11.6 Å². The second-order valence-corrected chi connectivity index (χ2v) is 5.21. The van der Waals surface area contributed by atoms with Crippen molar-refractivity contribution in [1.29, 1.82) is 0 Å². The van der Waals surface area contributed by atoms with E-state index in [-0.39, 0.29) is 5.56 Å². The van der Waals surface area contributed by atoms with Crippen molar-refractivity contribution in [2.75, 3.05) is 12.4 Å². The van der Waals surface area contributed by atoms with Gasteiger partial charge in [-0.2, -0.15) is 0 Å². The quantitative estimate of drug-likeness (QED) is 0.753. The summed E-state index contributed by atoms with van der Waals surface area (Å²) in [6, 6.07) is 21.1. The van der Waals surface area contributed by atoms with Gasteiger partial charge in [0.15, 0.2) is 0 Å². The van der Waals surface area contributed by atoms with E-state index in [4.69, 9.17) is 4.74 Å². The van der Waals surface area contributed by atoms with Crippen LogP contribution in [0.1, 0.15) is 10.4 Å². The summed E-state index contributed by atoms with van der Waals surface area (Å²) in [5.74, 6) is -0.585. The molecule has 1 amide bonds. The number of carbonyl (C=O) groups is 1. The number of rotatable bonds is 4. The van der Waals surface area contributed by atoms with Gasteiger partial charge < -0.3 is 10.1 Å². The third-order valence-electron chi connectivity index (χ3n) is 3.67. The van der Waals surface area contributed by atoms with Crippen LogP contribution in [0.2, 0.25) is 0 Å². The van der Waals surface area contributed by atoms with Gasteiger partial charge in [0, 0.05) is 11.3 Å². The van der Waals surface area contributed by atoms with Crippen molar-refractivity contribution in [3.63, 3.8) is 0 Å². The number of hydrogen-bond acceptors (Lipinski definition) is 2. The largest absolute Gasteiger partial charge is 0.496 e. The Kier molecular flexibility index (Phi) is 4.57. The highest BCUT2D eigenvalue weighted by Crippen LogP contribution is 2.29. The van der Waals surface area contributed by atoms with Gasteiger partial charge in [-0.3, -0.25) is 4.79 Å². The van der Waals surface area contributed by atoms with E-state index in [1.54, 1.807) is 0 Å². The van der Waals surface area contributed by atoms with Crippen molar-refractivity contribution in [2.24, 2.45) is 0 Å². The molecule has 3 nitrogen and oxygen atoms in total. The fourth-order valence-corrected chi connectivity index (χ4v) is 2.51. The summed E-state index contributed by atoms with van der Waals surface area (Å²) in [7, 11) is 1.45. The first-order valence-corrected chi connectivity index (χ1v) is 7.48. The van der Waals surface area contributed by atoms with Crippen LogP contribution in [-0.4, -0.2) is 13.0 Å². The highest BCUT2D eigenvalue weighted by atomic mass is 19.1. The minimum Gasteiger partial charge on any atom is -0.496 e. The highest BCUT2D eigenvalue weighted by molar-refractivity contribution is 6.08. The Labute approximate surface area is 139 Å². The summed E-state index contributed by atoms with van der Waals surface area (Å²) in [6.45, 7) is 0. The SMILES string of the molecule is COc1ccc(F)cc1C(=O)Nc1ccccc1-c1ccccc1. The number of nitrogens with one attached hydrogen (secondary N) is 1. The molecule has 0 aromatic heterocycles. The van der Waals surface area contributed by atoms with Crippen molar-refractivity contribution in [3.05, 3.63) is 84.2 Å². The molecular weight excluding hydrogens is 305 g/mol.